The second-order valence-electron chi connectivity index (χ2n) is 5.35. The summed E-state index contributed by atoms with van der Waals surface area (Å²) in [6.45, 7) is 1.83. The van der Waals surface area contributed by atoms with Crippen LogP contribution in [0.3, 0.4) is 0 Å². The second kappa shape index (κ2) is 3.71. The fraction of sp³-hybridized carbons (Fsp3) is 0.800. The summed E-state index contributed by atoms with van der Waals surface area (Å²) in [7, 11) is -3.96. The number of nitrogens with zero attached hydrogens (tertiary/aromatic N) is 3. The van der Waals surface area contributed by atoms with Crippen LogP contribution in [0, 0.1) is 29.6 Å². The Hall–Kier alpha value is -1.60. The number of fused-ring (bicyclic) bond motifs is 5. The molecule has 0 aromatic carbocycles. The minimum atomic E-state index is -3.96. The van der Waals surface area contributed by atoms with Gasteiger partial charge in [-0.05, 0) is 29.7 Å². The van der Waals surface area contributed by atoms with E-state index in [1.54, 1.807) is 0 Å². The molecule has 102 valence electrons. The normalized spacial score (nSPS) is 43.8. The van der Waals surface area contributed by atoms with Gasteiger partial charge in [0, 0.05) is 9.43 Å². The predicted octanol–water partition coefficient (Wildman–Crippen LogP) is 0.597. The monoisotopic (exact) mass is 285 g/mol. The second-order valence-corrected chi connectivity index (χ2v) is 7.15. The SMILES string of the molecule is C[C@H]1C2CC(S(=O)(=O)N=[N+]=[N-])C1C1C(=O)OC(=O)C12. The molecule has 3 rings (SSSR count). The van der Waals surface area contributed by atoms with Crippen molar-refractivity contribution in [1.29, 1.82) is 0 Å². The van der Waals surface area contributed by atoms with Crippen LogP contribution in [0.15, 0.2) is 4.52 Å². The fourth-order valence-corrected chi connectivity index (χ4v) is 5.60. The minimum absolute atomic E-state index is 0.0690. The van der Waals surface area contributed by atoms with Crippen LogP contribution < -0.4 is 0 Å². The first-order valence-electron chi connectivity index (χ1n) is 5.94. The molecule has 0 aromatic rings. The van der Waals surface area contributed by atoms with Crippen LogP contribution in [-0.4, -0.2) is 25.6 Å². The molecule has 3 fully saturated rings. The zero-order valence-corrected chi connectivity index (χ0v) is 10.8. The van der Waals surface area contributed by atoms with Gasteiger partial charge in [-0.1, -0.05) is 6.92 Å². The maximum atomic E-state index is 11.9. The van der Waals surface area contributed by atoms with Crippen molar-refractivity contribution in [2.75, 3.05) is 0 Å². The molecule has 9 heteroatoms. The summed E-state index contributed by atoms with van der Waals surface area (Å²) in [5.74, 6) is -3.17. The lowest BCUT2D eigenvalue weighted by molar-refractivity contribution is -0.155. The molecular formula is C10H11N3O5S. The van der Waals surface area contributed by atoms with Crippen molar-refractivity contribution in [2.24, 2.45) is 34.1 Å². The van der Waals surface area contributed by atoms with Gasteiger partial charge in [0.2, 0.25) is 10.0 Å². The lowest BCUT2D eigenvalue weighted by Gasteiger charge is -2.25. The summed E-state index contributed by atoms with van der Waals surface area (Å²) < 4.78 is 31.2. The number of sulfonamides is 1. The molecule has 8 nitrogen and oxygen atoms in total. The molecule has 19 heavy (non-hydrogen) atoms. The van der Waals surface area contributed by atoms with Gasteiger partial charge in [0.25, 0.3) is 0 Å². The summed E-state index contributed by atoms with van der Waals surface area (Å²) in [5, 5.41) is -0.886. The minimum Gasteiger partial charge on any atom is -0.393 e. The Balaban J connectivity index is 2.03. The first-order chi connectivity index (χ1) is 8.88. The van der Waals surface area contributed by atoms with E-state index in [4.69, 9.17) is 5.53 Å². The molecule has 0 amide bonds. The number of carbonyl (C=O) groups is 2. The Morgan fingerprint density at radius 2 is 1.95 bits per heavy atom. The van der Waals surface area contributed by atoms with Gasteiger partial charge in [0.05, 0.1) is 17.1 Å². The third-order valence-corrected chi connectivity index (χ3v) is 6.33. The van der Waals surface area contributed by atoms with Gasteiger partial charge in [-0.2, -0.15) is 0 Å². The molecule has 5 unspecified atom stereocenters. The van der Waals surface area contributed by atoms with Crippen LogP contribution >= 0.6 is 0 Å². The number of rotatable bonds is 2. The van der Waals surface area contributed by atoms with Gasteiger partial charge < -0.3 is 4.74 Å². The van der Waals surface area contributed by atoms with Crippen molar-refractivity contribution < 1.29 is 22.7 Å². The Morgan fingerprint density at radius 3 is 2.58 bits per heavy atom. The van der Waals surface area contributed by atoms with Crippen LogP contribution in [0.2, 0.25) is 0 Å². The average molecular weight is 285 g/mol. The number of cyclic esters (lactones) is 2. The lowest BCUT2D eigenvalue weighted by Crippen LogP contribution is -2.37. The third-order valence-electron chi connectivity index (χ3n) is 4.76. The lowest BCUT2D eigenvalue weighted by atomic mass is 9.81. The summed E-state index contributed by atoms with van der Waals surface area (Å²) in [6.07, 6.45) is 0.247. The molecule has 1 heterocycles. The maximum Gasteiger partial charge on any atom is 0.317 e. The number of esters is 2. The molecule has 6 atom stereocenters. The highest BCUT2D eigenvalue weighted by molar-refractivity contribution is 7.90. The van der Waals surface area contributed by atoms with Crippen LogP contribution in [-0.2, 0) is 24.3 Å². The Bertz CT molecular complexity index is 623. The van der Waals surface area contributed by atoms with Gasteiger partial charge >= 0.3 is 11.9 Å². The quantitative estimate of drug-likeness (QED) is 0.241. The molecule has 0 N–H and O–H groups in total. The average Bonchev–Trinajstić information content (AvgIpc) is 2.89. The van der Waals surface area contributed by atoms with Crippen LogP contribution in [0.1, 0.15) is 13.3 Å². The van der Waals surface area contributed by atoms with Gasteiger partial charge in [-0.25, -0.2) is 8.42 Å². The maximum absolute atomic E-state index is 11.9. The standard InChI is InChI=1S/C10H11N3O5S/c1-3-4-2-5(19(16,17)13-12-11)6(3)8-7(4)9(14)18-10(8)15/h3-8H,2H2,1H3/t3-,4?,5?,6?,7?,8?/m0/s1. The van der Waals surface area contributed by atoms with Crippen molar-refractivity contribution in [3.8, 4) is 0 Å². The molecular weight excluding hydrogens is 274 g/mol. The first kappa shape index (κ1) is 12.4. The van der Waals surface area contributed by atoms with Crippen molar-refractivity contribution in [1.82, 2.24) is 0 Å². The summed E-state index contributed by atoms with van der Waals surface area (Å²) >= 11 is 0. The van der Waals surface area contributed by atoms with Crippen molar-refractivity contribution in [3.63, 3.8) is 0 Å². The smallest absolute Gasteiger partial charge is 0.317 e. The highest BCUT2D eigenvalue weighted by Gasteiger charge is 2.68. The van der Waals surface area contributed by atoms with E-state index >= 15 is 0 Å². The third kappa shape index (κ3) is 1.45. The van der Waals surface area contributed by atoms with Crippen molar-refractivity contribution in [3.05, 3.63) is 10.4 Å². The Kier molecular flexibility index (Phi) is 2.42. The molecule has 0 radical (unpaired) electrons. The van der Waals surface area contributed by atoms with Gasteiger partial charge in [-0.3, -0.25) is 9.59 Å². The molecule has 2 aliphatic carbocycles. The summed E-state index contributed by atoms with van der Waals surface area (Å²) in [6, 6.07) is 0. The predicted molar refractivity (Wildman–Crippen MR) is 60.7 cm³/mol. The molecule has 0 aromatic heterocycles. The molecule has 2 saturated carbocycles. The van der Waals surface area contributed by atoms with E-state index in [0.29, 0.717) is 0 Å². The first-order valence-corrected chi connectivity index (χ1v) is 7.44. The van der Waals surface area contributed by atoms with Crippen molar-refractivity contribution in [2.45, 2.75) is 18.6 Å². The highest BCUT2D eigenvalue weighted by atomic mass is 32.2. The molecule has 3 aliphatic rings. The Morgan fingerprint density at radius 1 is 1.32 bits per heavy atom. The van der Waals surface area contributed by atoms with Crippen LogP contribution in [0.4, 0.5) is 0 Å². The van der Waals surface area contributed by atoms with E-state index in [2.05, 4.69) is 14.2 Å². The van der Waals surface area contributed by atoms with Crippen molar-refractivity contribution >= 4 is 22.0 Å². The van der Waals surface area contributed by atoms with Gasteiger partial charge in [-0.15, -0.1) is 0 Å². The van der Waals surface area contributed by atoms with E-state index < -0.39 is 45.0 Å². The number of hydrogen-bond donors (Lipinski definition) is 0. The van der Waals surface area contributed by atoms with Gasteiger partial charge in [0.1, 0.15) is 0 Å². The zero-order valence-electron chi connectivity index (χ0n) is 9.96. The number of azide groups is 1. The number of hydrogen-bond acceptors (Lipinski definition) is 5. The topological polar surface area (TPSA) is 126 Å². The summed E-state index contributed by atoms with van der Waals surface area (Å²) in [5.41, 5.74) is 8.31. The largest absolute Gasteiger partial charge is 0.393 e. The van der Waals surface area contributed by atoms with E-state index in [-0.39, 0.29) is 18.3 Å². The Labute approximate surface area is 108 Å². The van der Waals surface area contributed by atoms with E-state index in [1.165, 1.54) is 0 Å². The molecule has 2 bridgehead atoms. The molecule has 1 aliphatic heterocycles. The number of ether oxygens (including phenoxy) is 1. The van der Waals surface area contributed by atoms with Gasteiger partial charge in [0.15, 0.2) is 0 Å². The summed E-state index contributed by atoms with van der Waals surface area (Å²) in [4.78, 5) is 25.6. The highest BCUT2D eigenvalue weighted by Crippen LogP contribution is 2.60. The van der Waals surface area contributed by atoms with Crippen LogP contribution in [0.25, 0.3) is 10.4 Å². The van der Waals surface area contributed by atoms with E-state index in [1.807, 2.05) is 6.92 Å². The number of carbonyl (C=O) groups excluding carboxylic acids is 2. The van der Waals surface area contributed by atoms with E-state index in [0.717, 1.165) is 0 Å². The van der Waals surface area contributed by atoms with Crippen LogP contribution in [0.5, 0.6) is 0 Å². The molecule has 0 spiro atoms. The fourth-order valence-electron chi connectivity index (χ4n) is 4.09. The van der Waals surface area contributed by atoms with E-state index in [9.17, 15) is 18.0 Å². The zero-order chi connectivity index (χ0) is 13.9. The molecule has 1 saturated heterocycles.